The second-order valence-electron chi connectivity index (χ2n) is 6.77. The van der Waals surface area contributed by atoms with Crippen molar-refractivity contribution in [3.05, 3.63) is 11.6 Å². The molecule has 2 saturated carbocycles. The maximum absolute atomic E-state index is 13.0. The number of aromatic amines is 1. The maximum Gasteiger partial charge on any atom is 0.401 e. The van der Waals surface area contributed by atoms with Crippen molar-refractivity contribution in [1.29, 1.82) is 0 Å². The number of H-pyrrole nitrogens is 1. The molecular formula is C13H17F3N4. The van der Waals surface area contributed by atoms with Crippen LogP contribution < -0.4 is 5.32 Å². The van der Waals surface area contributed by atoms with Crippen molar-refractivity contribution in [1.82, 2.24) is 20.5 Å². The van der Waals surface area contributed by atoms with Gasteiger partial charge in [-0.2, -0.15) is 18.3 Å². The van der Waals surface area contributed by atoms with Crippen LogP contribution in [0.2, 0.25) is 0 Å². The number of nitrogens with one attached hydrogen (secondary N) is 2. The molecule has 0 unspecified atom stereocenters. The number of hydrogen-bond acceptors (Lipinski definition) is 3. The van der Waals surface area contributed by atoms with Crippen molar-refractivity contribution in [2.75, 3.05) is 13.1 Å². The Balaban J connectivity index is 1.42. The number of aromatic nitrogens is 3. The smallest absolute Gasteiger partial charge is 0.316 e. The fourth-order valence-corrected chi connectivity index (χ4v) is 3.71. The summed E-state index contributed by atoms with van der Waals surface area (Å²) >= 11 is 0. The molecule has 0 bridgehead atoms. The molecule has 0 amide bonds. The fourth-order valence-electron chi connectivity index (χ4n) is 3.71. The average molecular weight is 286 g/mol. The Morgan fingerprint density at radius 2 is 1.90 bits per heavy atom. The molecule has 1 aromatic heterocycles. The second-order valence-corrected chi connectivity index (χ2v) is 6.77. The van der Waals surface area contributed by atoms with Gasteiger partial charge in [0.05, 0.1) is 0 Å². The third kappa shape index (κ3) is 1.71. The average Bonchev–Trinajstić information content (AvgIpc) is 2.96. The van der Waals surface area contributed by atoms with Crippen molar-refractivity contribution in [3.63, 3.8) is 0 Å². The standard InChI is InChI=1S/C13H17F3N4/c14-13(15,16)12(1-2-12)10-18-9(19-20-10)3-8-4-11(5-8)6-17-7-11/h8,17H,1-7H2,(H,18,19,20). The van der Waals surface area contributed by atoms with Crippen LogP contribution in [0.4, 0.5) is 13.2 Å². The molecule has 3 aliphatic rings. The van der Waals surface area contributed by atoms with Crippen LogP contribution in [0.3, 0.4) is 0 Å². The highest BCUT2D eigenvalue weighted by molar-refractivity contribution is 5.22. The normalized spacial score (nSPS) is 27.1. The van der Waals surface area contributed by atoms with Crippen molar-refractivity contribution in [3.8, 4) is 0 Å². The second kappa shape index (κ2) is 3.75. The molecule has 0 aromatic carbocycles. The van der Waals surface area contributed by atoms with E-state index in [1.165, 1.54) is 0 Å². The van der Waals surface area contributed by atoms with E-state index in [0.29, 0.717) is 17.2 Å². The minimum Gasteiger partial charge on any atom is -0.316 e. The van der Waals surface area contributed by atoms with Crippen molar-refractivity contribution in [2.45, 2.75) is 43.7 Å². The Morgan fingerprint density at radius 1 is 1.20 bits per heavy atom. The Hall–Kier alpha value is -1.11. The third-order valence-electron chi connectivity index (χ3n) is 5.18. The van der Waals surface area contributed by atoms with Gasteiger partial charge in [-0.05, 0) is 37.0 Å². The summed E-state index contributed by atoms with van der Waals surface area (Å²) in [5.41, 5.74) is -1.28. The Labute approximate surface area is 114 Å². The zero-order chi connectivity index (χ0) is 14.0. The summed E-state index contributed by atoms with van der Waals surface area (Å²) in [5.74, 6) is 1.10. The summed E-state index contributed by atoms with van der Waals surface area (Å²) < 4.78 is 39.0. The first-order valence-electron chi connectivity index (χ1n) is 7.12. The van der Waals surface area contributed by atoms with Crippen molar-refractivity contribution >= 4 is 0 Å². The fraction of sp³-hybridized carbons (Fsp3) is 0.846. The first kappa shape index (κ1) is 12.6. The Bertz CT molecular complexity index is 520. The zero-order valence-electron chi connectivity index (χ0n) is 11.1. The van der Waals surface area contributed by atoms with E-state index in [2.05, 4.69) is 20.5 Å². The van der Waals surface area contributed by atoms with E-state index < -0.39 is 11.6 Å². The lowest BCUT2D eigenvalue weighted by Crippen LogP contribution is -2.60. The predicted octanol–water partition coefficient (Wildman–Crippen LogP) is 1.94. The van der Waals surface area contributed by atoms with E-state index >= 15 is 0 Å². The molecule has 7 heteroatoms. The first-order chi connectivity index (χ1) is 9.43. The predicted molar refractivity (Wildman–Crippen MR) is 65.1 cm³/mol. The summed E-state index contributed by atoms with van der Waals surface area (Å²) in [6.07, 6.45) is -0.966. The molecule has 1 spiro atoms. The molecule has 1 aliphatic heterocycles. The quantitative estimate of drug-likeness (QED) is 0.893. The van der Waals surface area contributed by atoms with Gasteiger partial charge < -0.3 is 5.32 Å². The lowest BCUT2D eigenvalue weighted by Gasteiger charge is -2.54. The van der Waals surface area contributed by atoms with Gasteiger partial charge in [-0.15, -0.1) is 0 Å². The van der Waals surface area contributed by atoms with E-state index in [1.807, 2.05) is 0 Å². The number of hydrogen-bond donors (Lipinski definition) is 2. The summed E-state index contributed by atoms with van der Waals surface area (Å²) in [4.78, 5) is 4.12. The molecule has 2 aliphatic carbocycles. The van der Waals surface area contributed by atoms with E-state index in [1.54, 1.807) is 0 Å². The van der Waals surface area contributed by atoms with Gasteiger partial charge in [0, 0.05) is 19.5 Å². The first-order valence-corrected chi connectivity index (χ1v) is 7.12. The van der Waals surface area contributed by atoms with Gasteiger partial charge >= 0.3 is 6.18 Å². The molecule has 0 radical (unpaired) electrons. The van der Waals surface area contributed by atoms with Crippen LogP contribution in [0, 0.1) is 11.3 Å². The third-order valence-corrected chi connectivity index (χ3v) is 5.18. The Kier molecular flexibility index (Phi) is 2.37. The van der Waals surface area contributed by atoms with Crippen LogP contribution in [-0.4, -0.2) is 34.4 Å². The zero-order valence-corrected chi connectivity index (χ0v) is 11.1. The van der Waals surface area contributed by atoms with Crippen LogP contribution in [-0.2, 0) is 11.8 Å². The van der Waals surface area contributed by atoms with Gasteiger partial charge in [0.15, 0.2) is 5.82 Å². The van der Waals surface area contributed by atoms with E-state index in [4.69, 9.17) is 0 Å². The largest absolute Gasteiger partial charge is 0.401 e. The van der Waals surface area contributed by atoms with Crippen LogP contribution >= 0.6 is 0 Å². The topological polar surface area (TPSA) is 53.6 Å². The number of halogens is 3. The molecule has 20 heavy (non-hydrogen) atoms. The molecular weight excluding hydrogens is 269 g/mol. The molecule has 110 valence electrons. The molecule has 1 aromatic rings. The maximum atomic E-state index is 13.0. The van der Waals surface area contributed by atoms with Gasteiger partial charge in [-0.25, -0.2) is 4.98 Å². The molecule has 4 nitrogen and oxygen atoms in total. The van der Waals surface area contributed by atoms with E-state index in [-0.39, 0.29) is 18.7 Å². The molecule has 4 rings (SSSR count). The van der Waals surface area contributed by atoms with Gasteiger partial charge in [-0.1, -0.05) is 0 Å². The summed E-state index contributed by atoms with van der Waals surface area (Å²) in [5, 5.41) is 9.82. The van der Waals surface area contributed by atoms with Crippen LogP contribution in [0.1, 0.15) is 37.3 Å². The lowest BCUT2D eigenvalue weighted by molar-refractivity contribution is -0.162. The minimum atomic E-state index is -4.23. The highest BCUT2D eigenvalue weighted by atomic mass is 19.4. The molecule has 2 heterocycles. The highest BCUT2D eigenvalue weighted by Gasteiger charge is 2.67. The molecule has 0 atom stereocenters. The molecule has 1 saturated heterocycles. The number of rotatable bonds is 3. The van der Waals surface area contributed by atoms with Gasteiger partial charge in [0.25, 0.3) is 0 Å². The number of nitrogens with zero attached hydrogens (tertiary/aromatic N) is 2. The van der Waals surface area contributed by atoms with Crippen molar-refractivity contribution < 1.29 is 13.2 Å². The monoisotopic (exact) mass is 286 g/mol. The highest BCUT2D eigenvalue weighted by Crippen LogP contribution is 2.57. The Morgan fingerprint density at radius 3 is 2.40 bits per heavy atom. The van der Waals surface area contributed by atoms with Gasteiger partial charge in [0.2, 0.25) is 0 Å². The van der Waals surface area contributed by atoms with Crippen LogP contribution in [0.15, 0.2) is 0 Å². The van der Waals surface area contributed by atoms with Gasteiger partial charge in [0.1, 0.15) is 11.2 Å². The number of alkyl halides is 3. The SMILES string of the molecule is FC(F)(F)C1(c2n[nH]c(CC3CC4(CNC4)C3)n2)CC1. The summed E-state index contributed by atoms with van der Waals surface area (Å²) in [6, 6.07) is 0. The van der Waals surface area contributed by atoms with E-state index in [0.717, 1.165) is 32.4 Å². The summed E-state index contributed by atoms with van der Waals surface area (Å²) in [6.45, 7) is 2.17. The van der Waals surface area contributed by atoms with Crippen LogP contribution in [0.25, 0.3) is 0 Å². The lowest BCUT2D eigenvalue weighted by atomic mass is 9.58. The minimum absolute atomic E-state index is 0.0562. The van der Waals surface area contributed by atoms with Gasteiger partial charge in [-0.3, -0.25) is 5.10 Å². The molecule has 2 N–H and O–H groups in total. The molecule has 3 fully saturated rings. The van der Waals surface area contributed by atoms with Crippen molar-refractivity contribution in [2.24, 2.45) is 11.3 Å². The van der Waals surface area contributed by atoms with E-state index in [9.17, 15) is 13.2 Å². The summed E-state index contributed by atoms with van der Waals surface area (Å²) in [7, 11) is 0. The van der Waals surface area contributed by atoms with Crippen LogP contribution in [0.5, 0.6) is 0 Å².